The van der Waals surface area contributed by atoms with E-state index in [0.29, 0.717) is 6.42 Å². The van der Waals surface area contributed by atoms with Crippen LogP contribution in [0.1, 0.15) is 32.6 Å². The summed E-state index contributed by atoms with van der Waals surface area (Å²) in [6, 6.07) is 0. The van der Waals surface area contributed by atoms with Crippen molar-refractivity contribution >= 4 is 11.6 Å². The van der Waals surface area contributed by atoms with Crippen molar-refractivity contribution < 1.29 is 14.0 Å². The van der Waals surface area contributed by atoms with Crippen molar-refractivity contribution in [1.29, 1.82) is 0 Å². The van der Waals surface area contributed by atoms with E-state index in [2.05, 4.69) is 0 Å². The molecule has 0 amide bonds. The van der Waals surface area contributed by atoms with Gasteiger partial charge in [0.2, 0.25) is 0 Å². The van der Waals surface area contributed by atoms with Gasteiger partial charge in [-0.05, 0) is 25.8 Å². The van der Waals surface area contributed by atoms with Crippen LogP contribution in [0, 0.1) is 5.41 Å². The van der Waals surface area contributed by atoms with Gasteiger partial charge in [-0.15, -0.1) is 0 Å². The second-order valence-corrected chi connectivity index (χ2v) is 4.35. The van der Waals surface area contributed by atoms with E-state index in [1.807, 2.05) is 0 Å². The van der Waals surface area contributed by atoms with Gasteiger partial charge in [-0.3, -0.25) is 9.59 Å². The van der Waals surface area contributed by atoms with Crippen LogP contribution >= 0.6 is 0 Å². The molecule has 0 aliphatic heterocycles. The molecule has 2 aliphatic carbocycles. The number of hydrogen-bond acceptors (Lipinski definition) is 2. The van der Waals surface area contributed by atoms with E-state index in [1.165, 1.54) is 6.08 Å². The Morgan fingerprint density at radius 1 is 1.43 bits per heavy atom. The summed E-state index contributed by atoms with van der Waals surface area (Å²) in [7, 11) is 0. The lowest BCUT2D eigenvalue weighted by Crippen LogP contribution is -2.41. The summed E-state index contributed by atoms with van der Waals surface area (Å²) in [4.78, 5) is 22.8. The van der Waals surface area contributed by atoms with Gasteiger partial charge in [0, 0.05) is 12.8 Å². The fraction of sp³-hybridized carbons (Fsp3) is 0.636. The molecule has 0 aromatic rings. The molecule has 0 radical (unpaired) electrons. The SMILES string of the molecule is CC12CC(F)C(=O)C=C1CCCC2=O. The number of ketones is 2. The molecule has 2 rings (SSSR count). The van der Waals surface area contributed by atoms with Gasteiger partial charge in [0.25, 0.3) is 0 Å². The molecule has 3 heteroatoms. The first-order valence-electron chi connectivity index (χ1n) is 4.96. The number of Topliss-reactive ketones (excluding diaryl/α,β-unsaturated/α-hetero) is 1. The highest BCUT2D eigenvalue weighted by Crippen LogP contribution is 2.44. The predicted octanol–water partition coefficient (Wildman–Crippen LogP) is 1.98. The van der Waals surface area contributed by atoms with Crippen LogP contribution < -0.4 is 0 Å². The Kier molecular flexibility index (Phi) is 2.05. The molecule has 14 heavy (non-hydrogen) atoms. The number of alkyl halides is 1. The van der Waals surface area contributed by atoms with E-state index < -0.39 is 17.4 Å². The van der Waals surface area contributed by atoms with Gasteiger partial charge >= 0.3 is 0 Å². The zero-order valence-corrected chi connectivity index (χ0v) is 8.18. The fourth-order valence-corrected chi connectivity index (χ4v) is 2.37. The summed E-state index contributed by atoms with van der Waals surface area (Å²) >= 11 is 0. The maximum atomic E-state index is 13.2. The molecular weight excluding hydrogens is 183 g/mol. The Hall–Kier alpha value is -0.990. The third-order valence-corrected chi connectivity index (χ3v) is 3.39. The van der Waals surface area contributed by atoms with Gasteiger partial charge in [-0.2, -0.15) is 0 Å². The van der Waals surface area contributed by atoms with Crippen LogP contribution in [0.5, 0.6) is 0 Å². The quantitative estimate of drug-likeness (QED) is 0.593. The summed E-state index contributed by atoms with van der Waals surface area (Å²) in [5.74, 6) is -0.377. The first-order valence-corrected chi connectivity index (χ1v) is 4.96. The molecule has 0 spiro atoms. The predicted molar refractivity (Wildman–Crippen MR) is 49.6 cm³/mol. The topological polar surface area (TPSA) is 34.1 Å². The van der Waals surface area contributed by atoms with Crippen LogP contribution in [0.2, 0.25) is 0 Å². The maximum absolute atomic E-state index is 13.2. The van der Waals surface area contributed by atoms with E-state index in [1.54, 1.807) is 6.92 Å². The Morgan fingerprint density at radius 2 is 2.14 bits per heavy atom. The van der Waals surface area contributed by atoms with E-state index in [0.717, 1.165) is 18.4 Å². The molecule has 2 aliphatic rings. The Bertz CT molecular complexity index is 332. The number of fused-ring (bicyclic) bond motifs is 1. The summed E-state index contributed by atoms with van der Waals surface area (Å²) in [5, 5.41) is 0. The molecule has 2 atom stereocenters. The molecule has 1 saturated carbocycles. The van der Waals surface area contributed by atoms with Crippen LogP contribution in [0.3, 0.4) is 0 Å². The molecule has 0 N–H and O–H groups in total. The molecule has 0 bridgehead atoms. The van der Waals surface area contributed by atoms with Gasteiger partial charge in [-0.1, -0.05) is 5.57 Å². The minimum Gasteiger partial charge on any atom is -0.299 e. The monoisotopic (exact) mass is 196 g/mol. The van der Waals surface area contributed by atoms with Crippen molar-refractivity contribution in [2.45, 2.75) is 38.8 Å². The largest absolute Gasteiger partial charge is 0.299 e. The normalized spacial score (nSPS) is 37.9. The summed E-state index contributed by atoms with van der Waals surface area (Å²) < 4.78 is 13.2. The number of carbonyl (C=O) groups is 2. The third kappa shape index (κ3) is 1.22. The van der Waals surface area contributed by atoms with Crippen molar-refractivity contribution in [2.75, 3.05) is 0 Å². The fourth-order valence-electron chi connectivity index (χ4n) is 2.37. The van der Waals surface area contributed by atoms with Gasteiger partial charge in [0.05, 0.1) is 5.41 Å². The van der Waals surface area contributed by atoms with Gasteiger partial charge in [0.15, 0.2) is 12.0 Å². The van der Waals surface area contributed by atoms with Crippen LogP contribution in [0.4, 0.5) is 4.39 Å². The lowest BCUT2D eigenvalue weighted by Gasteiger charge is -2.38. The molecular formula is C11H13FO2. The molecule has 0 saturated heterocycles. The smallest absolute Gasteiger partial charge is 0.189 e. The highest BCUT2D eigenvalue weighted by molar-refractivity contribution is 6.00. The second kappa shape index (κ2) is 3.01. The Balaban J connectivity index is 2.42. The average molecular weight is 196 g/mol. The van der Waals surface area contributed by atoms with Crippen LogP contribution in [-0.2, 0) is 9.59 Å². The van der Waals surface area contributed by atoms with E-state index in [-0.39, 0.29) is 12.2 Å². The lowest BCUT2D eigenvalue weighted by atomic mass is 9.65. The van der Waals surface area contributed by atoms with Crippen LogP contribution in [0.25, 0.3) is 0 Å². The third-order valence-electron chi connectivity index (χ3n) is 3.39. The van der Waals surface area contributed by atoms with Gasteiger partial charge in [-0.25, -0.2) is 4.39 Å². The summed E-state index contributed by atoms with van der Waals surface area (Å²) in [5.41, 5.74) is 0.152. The molecule has 2 unspecified atom stereocenters. The minimum absolute atomic E-state index is 0.0521. The second-order valence-electron chi connectivity index (χ2n) is 4.35. The van der Waals surface area contributed by atoms with Crippen molar-refractivity contribution in [3.05, 3.63) is 11.6 Å². The van der Waals surface area contributed by atoms with E-state index >= 15 is 0 Å². The minimum atomic E-state index is -1.48. The van der Waals surface area contributed by atoms with Crippen molar-refractivity contribution in [3.63, 3.8) is 0 Å². The highest BCUT2D eigenvalue weighted by Gasteiger charge is 2.45. The first kappa shape index (κ1) is 9.56. The molecule has 0 heterocycles. The summed E-state index contributed by atoms with van der Waals surface area (Å²) in [6.45, 7) is 1.76. The Morgan fingerprint density at radius 3 is 2.86 bits per heavy atom. The van der Waals surface area contributed by atoms with Crippen molar-refractivity contribution in [1.82, 2.24) is 0 Å². The standard InChI is InChI=1S/C11H13FO2/c1-11-6-8(12)9(13)5-7(11)3-2-4-10(11)14/h5,8H,2-4,6H2,1H3. The number of rotatable bonds is 0. The molecule has 2 nitrogen and oxygen atoms in total. The average Bonchev–Trinajstić information content (AvgIpc) is 2.11. The van der Waals surface area contributed by atoms with E-state index in [4.69, 9.17) is 0 Å². The zero-order chi connectivity index (χ0) is 10.3. The summed E-state index contributed by atoms with van der Waals surface area (Å²) in [6.07, 6.45) is 2.01. The van der Waals surface area contributed by atoms with Gasteiger partial charge in [0.1, 0.15) is 5.78 Å². The molecule has 0 aromatic heterocycles. The number of halogens is 1. The number of hydrogen-bond donors (Lipinski definition) is 0. The molecule has 76 valence electrons. The lowest BCUT2D eigenvalue weighted by molar-refractivity contribution is -0.131. The molecule has 1 fully saturated rings. The maximum Gasteiger partial charge on any atom is 0.189 e. The first-order chi connectivity index (χ1) is 6.54. The zero-order valence-electron chi connectivity index (χ0n) is 8.18. The van der Waals surface area contributed by atoms with Gasteiger partial charge < -0.3 is 0 Å². The van der Waals surface area contributed by atoms with Crippen molar-refractivity contribution in [2.24, 2.45) is 5.41 Å². The molecule has 0 aromatic carbocycles. The van der Waals surface area contributed by atoms with Crippen LogP contribution in [0.15, 0.2) is 11.6 Å². The van der Waals surface area contributed by atoms with E-state index in [9.17, 15) is 14.0 Å². The number of carbonyl (C=O) groups excluding carboxylic acids is 2. The highest BCUT2D eigenvalue weighted by atomic mass is 19.1. The Labute approximate surface area is 82.2 Å². The van der Waals surface area contributed by atoms with Crippen molar-refractivity contribution in [3.8, 4) is 0 Å². The number of allylic oxidation sites excluding steroid dienone is 2. The van der Waals surface area contributed by atoms with Crippen LogP contribution in [-0.4, -0.2) is 17.7 Å².